The van der Waals surface area contributed by atoms with Crippen LogP contribution in [0.4, 0.5) is 4.39 Å². The van der Waals surface area contributed by atoms with Gasteiger partial charge in [0.15, 0.2) is 11.4 Å². The molecule has 8 heteroatoms. The average Bonchev–Trinajstić information content (AvgIpc) is 3.15. The summed E-state index contributed by atoms with van der Waals surface area (Å²) in [5, 5.41) is 8.56. The number of benzene rings is 1. The normalized spacial score (nSPS) is 11.3. The minimum atomic E-state index is -0.316. The van der Waals surface area contributed by atoms with Gasteiger partial charge in [-0.3, -0.25) is 14.0 Å². The van der Waals surface area contributed by atoms with Gasteiger partial charge in [0.2, 0.25) is 0 Å². The van der Waals surface area contributed by atoms with E-state index >= 15 is 0 Å². The van der Waals surface area contributed by atoms with Gasteiger partial charge in [-0.15, -0.1) is 0 Å². The van der Waals surface area contributed by atoms with Crippen LogP contribution in [0.2, 0.25) is 0 Å². The first-order valence-electron chi connectivity index (χ1n) is 7.63. The summed E-state index contributed by atoms with van der Waals surface area (Å²) in [5.74, 6) is 0.238. The van der Waals surface area contributed by atoms with E-state index in [1.807, 2.05) is 6.92 Å². The summed E-state index contributed by atoms with van der Waals surface area (Å²) in [6, 6.07) is 5.98. The molecule has 0 aliphatic rings. The fourth-order valence-electron chi connectivity index (χ4n) is 2.73. The van der Waals surface area contributed by atoms with Crippen LogP contribution >= 0.6 is 0 Å². The topological polar surface area (TPSA) is 78.7 Å². The van der Waals surface area contributed by atoms with E-state index in [0.29, 0.717) is 22.5 Å². The van der Waals surface area contributed by atoms with Crippen molar-refractivity contribution in [2.75, 3.05) is 0 Å². The van der Waals surface area contributed by atoms with Crippen molar-refractivity contribution in [1.82, 2.24) is 24.5 Å². The number of nitrogens with zero attached hydrogens (tertiary/aromatic N) is 5. The van der Waals surface area contributed by atoms with E-state index in [1.165, 1.54) is 29.2 Å². The molecule has 0 saturated heterocycles. The molecule has 126 valence electrons. The molecule has 0 N–H and O–H groups in total. The van der Waals surface area contributed by atoms with Crippen molar-refractivity contribution in [2.24, 2.45) is 7.05 Å². The summed E-state index contributed by atoms with van der Waals surface area (Å²) in [4.78, 5) is 16.8. The summed E-state index contributed by atoms with van der Waals surface area (Å²) in [5.41, 5.74) is 2.48. The highest BCUT2D eigenvalue weighted by molar-refractivity contribution is 5.72. The maximum Gasteiger partial charge on any atom is 0.264 e. The van der Waals surface area contributed by atoms with Gasteiger partial charge in [-0.05, 0) is 31.2 Å². The average molecular weight is 339 g/mol. The van der Waals surface area contributed by atoms with Crippen LogP contribution in [0, 0.1) is 12.7 Å². The van der Waals surface area contributed by atoms with E-state index in [0.717, 1.165) is 11.1 Å². The number of rotatable bonds is 3. The lowest BCUT2D eigenvalue weighted by atomic mass is 10.1. The van der Waals surface area contributed by atoms with Crippen LogP contribution in [0.5, 0.6) is 0 Å². The molecule has 4 rings (SSSR count). The lowest BCUT2D eigenvalue weighted by molar-refractivity contribution is 0.420. The summed E-state index contributed by atoms with van der Waals surface area (Å²) >= 11 is 0. The van der Waals surface area contributed by atoms with Crippen LogP contribution in [-0.2, 0) is 13.6 Å². The minimum absolute atomic E-state index is 0.191. The van der Waals surface area contributed by atoms with Crippen LogP contribution < -0.4 is 5.56 Å². The Labute approximate surface area is 141 Å². The highest BCUT2D eigenvalue weighted by Crippen LogP contribution is 2.26. The monoisotopic (exact) mass is 339 g/mol. The fourth-order valence-corrected chi connectivity index (χ4v) is 2.73. The Kier molecular flexibility index (Phi) is 3.45. The van der Waals surface area contributed by atoms with Crippen LogP contribution in [0.3, 0.4) is 0 Å². The molecule has 0 bridgehead atoms. The largest absolute Gasteiger partial charge is 0.356 e. The van der Waals surface area contributed by atoms with E-state index < -0.39 is 0 Å². The molecule has 0 spiro atoms. The van der Waals surface area contributed by atoms with Crippen molar-refractivity contribution < 1.29 is 8.91 Å². The Morgan fingerprint density at radius 3 is 2.76 bits per heavy atom. The van der Waals surface area contributed by atoms with Gasteiger partial charge in [0, 0.05) is 18.2 Å². The molecule has 0 saturated carbocycles. The molecule has 0 atom stereocenters. The quantitative estimate of drug-likeness (QED) is 0.572. The molecule has 1 aromatic carbocycles. The molecule has 0 aliphatic heterocycles. The number of aromatic nitrogens is 5. The summed E-state index contributed by atoms with van der Waals surface area (Å²) in [6.45, 7) is 2.08. The third kappa shape index (κ3) is 2.51. The number of hydrogen-bond donors (Lipinski definition) is 0. The number of fused-ring (bicyclic) bond motifs is 1. The zero-order valence-electron chi connectivity index (χ0n) is 13.6. The first-order chi connectivity index (χ1) is 12.0. The molecule has 3 heterocycles. The molecular weight excluding hydrogens is 325 g/mol. The minimum Gasteiger partial charge on any atom is -0.356 e. The summed E-state index contributed by atoms with van der Waals surface area (Å²) in [6.07, 6.45) is 2.97. The smallest absolute Gasteiger partial charge is 0.264 e. The van der Waals surface area contributed by atoms with Crippen LogP contribution in [0.25, 0.3) is 22.4 Å². The molecule has 7 nitrogen and oxygen atoms in total. The highest BCUT2D eigenvalue weighted by Gasteiger charge is 2.16. The molecule has 0 radical (unpaired) electrons. The molecular formula is C17H14FN5O2. The Balaban J connectivity index is 1.71. The van der Waals surface area contributed by atoms with Crippen LogP contribution in [-0.4, -0.2) is 24.5 Å². The first-order valence-corrected chi connectivity index (χ1v) is 7.63. The first kappa shape index (κ1) is 15.3. The van der Waals surface area contributed by atoms with Crippen molar-refractivity contribution in [3.05, 3.63) is 64.2 Å². The van der Waals surface area contributed by atoms with E-state index in [4.69, 9.17) is 4.52 Å². The van der Waals surface area contributed by atoms with Gasteiger partial charge in [-0.25, -0.2) is 9.37 Å². The van der Waals surface area contributed by atoms with E-state index in [-0.39, 0.29) is 17.9 Å². The maximum absolute atomic E-state index is 13.1. The number of hydrogen-bond acceptors (Lipinski definition) is 5. The molecule has 0 unspecified atom stereocenters. The van der Waals surface area contributed by atoms with E-state index in [1.54, 1.807) is 23.9 Å². The van der Waals surface area contributed by atoms with Gasteiger partial charge in [0.05, 0.1) is 12.7 Å². The molecule has 3 aromatic heterocycles. The lowest BCUT2D eigenvalue weighted by Crippen LogP contribution is -2.21. The zero-order valence-corrected chi connectivity index (χ0v) is 13.6. The number of halogens is 1. The second kappa shape index (κ2) is 5.66. The van der Waals surface area contributed by atoms with Gasteiger partial charge >= 0.3 is 0 Å². The van der Waals surface area contributed by atoms with Crippen molar-refractivity contribution in [1.29, 1.82) is 0 Å². The van der Waals surface area contributed by atoms with Gasteiger partial charge in [0.25, 0.3) is 5.56 Å². The third-order valence-corrected chi connectivity index (χ3v) is 4.17. The molecule has 0 aliphatic carbocycles. The Morgan fingerprint density at radius 1 is 1.24 bits per heavy atom. The third-order valence-electron chi connectivity index (χ3n) is 4.17. The van der Waals surface area contributed by atoms with E-state index in [2.05, 4.69) is 15.2 Å². The van der Waals surface area contributed by atoms with Crippen molar-refractivity contribution in [2.45, 2.75) is 13.5 Å². The fraction of sp³-hybridized carbons (Fsp3) is 0.176. The van der Waals surface area contributed by atoms with Crippen molar-refractivity contribution in [3.63, 3.8) is 0 Å². The molecule has 25 heavy (non-hydrogen) atoms. The summed E-state index contributed by atoms with van der Waals surface area (Å²) < 4.78 is 21.5. The van der Waals surface area contributed by atoms with Gasteiger partial charge in [0.1, 0.15) is 23.2 Å². The van der Waals surface area contributed by atoms with Gasteiger partial charge in [-0.2, -0.15) is 5.10 Å². The van der Waals surface area contributed by atoms with Crippen LogP contribution in [0.1, 0.15) is 11.3 Å². The molecule has 4 aromatic rings. The Bertz CT molecular complexity index is 1120. The van der Waals surface area contributed by atoms with Crippen molar-refractivity contribution >= 4 is 11.0 Å². The van der Waals surface area contributed by atoms with Gasteiger partial charge < -0.3 is 4.52 Å². The number of aryl methyl sites for hydroxylation is 1. The highest BCUT2D eigenvalue weighted by atomic mass is 19.1. The second-order valence-corrected chi connectivity index (χ2v) is 5.77. The molecule has 0 fully saturated rings. The summed E-state index contributed by atoms with van der Waals surface area (Å²) in [7, 11) is 1.73. The van der Waals surface area contributed by atoms with Crippen LogP contribution in [0.15, 0.2) is 46.1 Å². The zero-order chi connectivity index (χ0) is 17.6. The lowest BCUT2D eigenvalue weighted by Gasteiger charge is -2.03. The second-order valence-electron chi connectivity index (χ2n) is 5.77. The van der Waals surface area contributed by atoms with E-state index in [9.17, 15) is 9.18 Å². The SMILES string of the molecule is Cc1c(Cn2cnc3c(cnn3C)c2=O)noc1-c1ccc(F)cc1. The molecule has 0 amide bonds. The predicted octanol–water partition coefficient (Wildman–Crippen LogP) is 2.28. The maximum atomic E-state index is 13.1. The predicted molar refractivity (Wildman–Crippen MR) is 88.5 cm³/mol. The standard InChI is InChI=1S/C17H14FN5O2/c1-10-14(21-25-15(10)11-3-5-12(18)6-4-11)8-23-9-19-16-13(17(23)24)7-20-22(16)2/h3-7,9H,8H2,1-2H3. The Morgan fingerprint density at radius 2 is 2.00 bits per heavy atom. The van der Waals surface area contributed by atoms with Crippen molar-refractivity contribution in [3.8, 4) is 11.3 Å². The van der Waals surface area contributed by atoms with Gasteiger partial charge in [-0.1, -0.05) is 5.16 Å². The Hall–Kier alpha value is -3.29.